The van der Waals surface area contributed by atoms with Crippen molar-refractivity contribution in [3.63, 3.8) is 0 Å². The number of hydrogen-bond donors (Lipinski definition) is 3. The largest absolute Gasteiger partial charge is 0.457 e. The van der Waals surface area contributed by atoms with Gasteiger partial charge in [-0.2, -0.15) is 0 Å². The van der Waals surface area contributed by atoms with Crippen molar-refractivity contribution in [1.29, 1.82) is 0 Å². The zero-order valence-electron chi connectivity index (χ0n) is 20.5. The van der Waals surface area contributed by atoms with Gasteiger partial charge in [-0.05, 0) is 45.4 Å². The summed E-state index contributed by atoms with van der Waals surface area (Å²) < 4.78 is 5.74. The standard InChI is InChI=1S/C25H38N2O5S/c1-15(12-19-14-33-18(4)27-19)20-10-8-7-9-11-26-17(3)23(30)16(2)24(31)25(5,6)21(28)13-22(29)32-20/h7-8,12,14,16-17,20-21,23,26,28,30H,9-11,13H2,1-6H3/b8-7+,15-12+/t16-,17+,20?,21-,23+/m0/s1. The first-order valence-electron chi connectivity index (χ1n) is 11.5. The van der Waals surface area contributed by atoms with Gasteiger partial charge >= 0.3 is 5.97 Å². The van der Waals surface area contributed by atoms with Crippen LogP contribution in [0.5, 0.6) is 0 Å². The number of ketones is 1. The third kappa shape index (κ3) is 7.57. The zero-order valence-corrected chi connectivity index (χ0v) is 21.3. The first-order chi connectivity index (χ1) is 15.4. The van der Waals surface area contributed by atoms with Gasteiger partial charge in [0.1, 0.15) is 11.9 Å². The van der Waals surface area contributed by atoms with Gasteiger partial charge in [0.15, 0.2) is 0 Å². The van der Waals surface area contributed by atoms with Crippen LogP contribution in [0.15, 0.2) is 23.1 Å². The molecular weight excluding hydrogens is 440 g/mol. The van der Waals surface area contributed by atoms with Crippen molar-refractivity contribution in [3.05, 3.63) is 33.8 Å². The van der Waals surface area contributed by atoms with Gasteiger partial charge in [0.2, 0.25) is 0 Å². The number of aliphatic hydroxyl groups is 2. The van der Waals surface area contributed by atoms with Crippen molar-refractivity contribution in [2.45, 2.75) is 85.2 Å². The third-order valence-corrected chi connectivity index (χ3v) is 7.15. The summed E-state index contributed by atoms with van der Waals surface area (Å²) in [6.07, 6.45) is 4.17. The summed E-state index contributed by atoms with van der Waals surface area (Å²) in [4.78, 5) is 30.3. The summed E-state index contributed by atoms with van der Waals surface area (Å²) >= 11 is 1.55. The topological polar surface area (TPSA) is 109 Å². The molecule has 0 aromatic carbocycles. The summed E-state index contributed by atoms with van der Waals surface area (Å²) in [7, 11) is 0. The fourth-order valence-electron chi connectivity index (χ4n) is 3.91. The van der Waals surface area contributed by atoms with Crippen LogP contribution >= 0.6 is 11.3 Å². The van der Waals surface area contributed by atoms with Crippen LogP contribution in [0.1, 0.15) is 64.6 Å². The second-order valence-corrected chi connectivity index (χ2v) is 10.5. The minimum absolute atomic E-state index is 0.289. The Kier molecular flexibility index (Phi) is 9.97. The molecule has 0 spiro atoms. The van der Waals surface area contributed by atoms with E-state index in [0.29, 0.717) is 13.0 Å². The van der Waals surface area contributed by atoms with E-state index >= 15 is 0 Å². The number of Topliss-reactive ketones (excluding diaryl/α,β-unsaturated/α-hetero) is 1. The number of esters is 1. The average Bonchev–Trinajstić information content (AvgIpc) is 3.16. The number of aryl methyl sites for hydroxylation is 1. The molecule has 1 unspecified atom stereocenters. The average molecular weight is 479 g/mol. The third-order valence-electron chi connectivity index (χ3n) is 6.35. The molecule has 184 valence electrons. The van der Waals surface area contributed by atoms with Crippen molar-refractivity contribution < 1.29 is 24.5 Å². The quantitative estimate of drug-likeness (QED) is 0.441. The summed E-state index contributed by atoms with van der Waals surface area (Å²) in [5.41, 5.74) is 0.460. The van der Waals surface area contributed by atoms with Gasteiger partial charge in [0, 0.05) is 23.8 Å². The summed E-state index contributed by atoms with van der Waals surface area (Å²) in [5.74, 6) is -1.56. The maximum absolute atomic E-state index is 13.1. The predicted octanol–water partition coefficient (Wildman–Crippen LogP) is 3.44. The molecule has 7 nitrogen and oxygen atoms in total. The zero-order chi connectivity index (χ0) is 24.8. The molecule has 1 aromatic heterocycles. The molecule has 0 saturated heterocycles. The normalized spacial score (nSPS) is 31.8. The Balaban J connectivity index is 2.27. The molecule has 33 heavy (non-hydrogen) atoms. The monoisotopic (exact) mass is 478 g/mol. The molecule has 0 amide bonds. The van der Waals surface area contributed by atoms with E-state index in [1.54, 1.807) is 32.1 Å². The molecular formula is C25H38N2O5S. The molecule has 1 aliphatic rings. The van der Waals surface area contributed by atoms with E-state index in [1.165, 1.54) is 0 Å². The molecule has 1 aromatic rings. The number of carbonyl (C=O) groups is 2. The molecule has 0 aliphatic carbocycles. The Hall–Kier alpha value is -1.87. The Morgan fingerprint density at radius 1 is 1.27 bits per heavy atom. The highest BCUT2D eigenvalue weighted by atomic mass is 32.1. The number of carbonyl (C=O) groups excluding carboxylic acids is 2. The van der Waals surface area contributed by atoms with E-state index in [9.17, 15) is 19.8 Å². The summed E-state index contributed by atoms with van der Waals surface area (Å²) in [6.45, 7) is 11.2. The highest BCUT2D eigenvalue weighted by Crippen LogP contribution is 2.30. The number of aromatic nitrogens is 1. The van der Waals surface area contributed by atoms with Crippen LogP contribution in [0.3, 0.4) is 0 Å². The van der Waals surface area contributed by atoms with Crippen LogP contribution in [0, 0.1) is 18.3 Å². The Bertz CT molecular complexity index is 876. The van der Waals surface area contributed by atoms with Crippen molar-refractivity contribution in [2.75, 3.05) is 6.54 Å². The second kappa shape index (κ2) is 12.0. The number of aliphatic hydroxyl groups excluding tert-OH is 2. The number of cyclic esters (lactones) is 1. The highest BCUT2D eigenvalue weighted by Gasteiger charge is 2.42. The lowest BCUT2D eigenvalue weighted by Gasteiger charge is -2.34. The number of rotatable bonds is 2. The molecule has 0 fully saturated rings. The predicted molar refractivity (Wildman–Crippen MR) is 131 cm³/mol. The summed E-state index contributed by atoms with van der Waals surface area (Å²) in [6, 6.07) is -0.289. The number of nitrogens with one attached hydrogen (secondary N) is 1. The maximum atomic E-state index is 13.1. The first-order valence-corrected chi connectivity index (χ1v) is 12.4. The molecule has 5 atom stereocenters. The second-order valence-electron chi connectivity index (χ2n) is 9.48. The molecule has 2 rings (SSSR count). The lowest BCUT2D eigenvalue weighted by Crippen LogP contribution is -2.49. The fraction of sp³-hybridized carbons (Fsp3) is 0.640. The Morgan fingerprint density at radius 3 is 2.61 bits per heavy atom. The lowest BCUT2D eigenvalue weighted by molar-refractivity contribution is -0.154. The van der Waals surface area contributed by atoms with Gasteiger partial charge in [0.25, 0.3) is 0 Å². The van der Waals surface area contributed by atoms with Gasteiger partial charge in [-0.1, -0.05) is 32.9 Å². The number of ether oxygens (including phenoxy) is 1. The van der Waals surface area contributed by atoms with Crippen molar-refractivity contribution in [3.8, 4) is 0 Å². The van der Waals surface area contributed by atoms with Gasteiger partial charge < -0.3 is 20.3 Å². The molecule has 1 aliphatic heterocycles. The lowest BCUT2D eigenvalue weighted by atomic mass is 9.74. The molecule has 8 heteroatoms. The maximum Gasteiger partial charge on any atom is 0.309 e. The van der Waals surface area contributed by atoms with Crippen molar-refractivity contribution in [1.82, 2.24) is 10.3 Å². The van der Waals surface area contributed by atoms with Gasteiger partial charge in [-0.3, -0.25) is 9.59 Å². The molecule has 2 heterocycles. The minimum atomic E-state index is -1.23. The molecule has 0 radical (unpaired) electrons. The van der Waals surface area contributed by atoms with E-state index in [0.717, 1.165) is 22.7 Å². The van der Waals surface area contributed by atoms with E-state index in [-0.39, 0.29) is 18.2 Å². The Labute approximate surface area is 201 Å². The van der Waals surface area contributed by atoms with Crippen molar-refractivity contribution in [2.24, 2.45) is 11.3 Å². The van der Waals surface area contributed by atoms with Gasteiger partial charge in [-0.15, -0.1) is 11.3 Å². The SMILES string of the molecule is C/C(=C\c1csc(C)n1)C1C/C=C/CCN[C@H](C)[C@H](O)[C@H](C)C(=O)C(C)(C)[C@@H](O)CC(=O)O1. The van der Waals surface area contributed by atoms with E-state index in [2.05, 4.69) is 10.3 Å². The smallest absolute Gasteiger partial charge is 0.309 e. The fourth-order valence-corrected chi connectivity index (χ4v) is 4.48. The van der Waals surface area contributed by atoms with Gasteiger partial charge in [-0.25, -0.2) is 4.98 Å². The van der Waals surface area contributed by atoms with Crippen LogP contribution in [-0.4, -0.2) is 57.8 Å². The van der Waals surface area contributed by atoms with Crippen LogP contribution < -0.4 is 5.32 Å². The Morgan fingerprint density at radius 2 is 1.97 bits per heavy atom. The minimum Gasteiger partial charge on any atom is -0.457 e. The van der Waals surface area contributed by atoms with Gasteiger partial charge in [0.05, 0.1) is 34.7 Å². The number of nitrogens with zero attached hydrogens (tertiary/aromatic N) is 1. The summed E-state index contributed by atoms with van der Waals surface area (Å²) in [5, 5.41) is 27.6. The van der Waals surface area contributed by atoms with Crippen LogP contribution in [-0.2, 0) is 14.3 Å². The molecule has 0 bridgehead atoms. The number of thiazole rings is 1. The molecule has 0 saturated carbocycles. The van der Waals surface area contributed by atoms with E-state index in [4.69, 9.17) is 4.74 Å². The van der Waals surface area contributed by atoms with Crippen LogP contribution in [0.25, 0.3) is 6.08 Å². The van der Waals surface area contributed by atoms with Crippen LogP contribution in [0.2, 0.25) is 0 Å². The number of hydrogen-bond acceptors (Lipinski definition) is 8. The highest BCUT2D eigenvalue weighted by molar-refractivity contribution is 7.09. The van der Waals surface area contributed by atoms with E-state index < -0.39 is 35.6 Å². The van der Waals surface area contributed by atoms with Crippen LogP contribution in [0.4, 0.5) is 0 Å². The van der Waals surface area contributed by atoms with E-state index in [1.807, 2.05) is 44.4 Å². The molecule has 3 N–H and O–H groups in total. The van der Waals surface area contributed by atoms with Crippen molar-refractivity contribution >= 4 is 29.2 Å². The first kappa shape index (κ1) is 27.4.